The number of aryl methyl sites for hydroxylation is 2. The molecule has 0 bridgehead atoms. The molecule has 3 heterocycles. The van der Waals surface area contributed by atoms with Crippen molar-refractivity contribution >= 4 is 16.7 Å². The number of ether oxygens (including phenoxy) is 1. The molecule has 0 aliphatic carbocycles. The van der Waals surface area contributed by atoms with Crippen molar-refractivity contribution in [3.05, 3.63) is 18.0 Å². The zero-order valence-electron chi connectivity index (χ0n) is 12.1. The second-order valence-corrected chi connectivity index (χ2v) is 5.26. The molecule has 1 aliphatic heterocycles. The predicted molar refractivity (Wildman–Crippen MR) is 75.8 cm³/mol. The van der Waals surface area contributed by atoms with Crippen LogP contribution < -0.4 is 4.90 Å². The van der Waals surface area contributed by atoms with Crippen LogP contribution in [0, 0.1) is 6.92 Å². The van der Waals surface area contributed by atoms with E-state index in [9.17, 15) is 8.78 Å². The number of anilines is 1. The van der Waals surface area contributed by atoms with Crippen LogP contribution in [-0.4, -0.2) is 47.0 Å². The molecule has 0 aromatic carbocycles. The maximum atomic E-state index is 12.8. The van der Waals surface area contributed by atoms with Crippen LogP contribution in [0.25, 0.3) is 11.0 Å². The van der Waals surface area contributed by atoms with Crippen molar-refractivity contribution in [3.63, 3.8) is 0 Å². The third kappa shape index (κ3) is 2.57. The van der Waals surface area contributed by atoms with Gasteiger partial charge in [-0.1, -0.05) is 0 Å². The van der Waals surface area contributed by atoms with Crippen molar-refractivity contribution in [3.8, 4) is 0 Å². The lowest BCUT2D eigenvalue weighted by atomic mass is 10.2. The summed E-state index contributed by atoms with van der Waals surface area (Å²) >= 11 is 0. The van der Waals surface area contributed by atoms with E-state index in [1.54, 1.807) is 10.9 Å². The van der Waals surface area contributed by atoms with Crippen LogP contribution >= 0.6 is 0 Å². The van der Waals surface area contributed by atoms with Gasteiger partial charge in [0.1, 0.15) is 6.10 Å². The van der Waals surface area contributed by atoms with Gasteiger partial charge in [-0.2, -0.15) is 5.10 Å². The van der Waals surface area contributed by atoms with Crippen molar-refractivity contribution in [1.29, 1.82) is 0 Å². The third-order valence-electron chi connectivity index (χ3n) is 3.88. The Balaban J connectivity index is 1.94. The molecular weight excluding hydrogens is 278 g/mol. The van der Waals surface area contributed by atoms with Gasteiger partial charge in [0.15, 0.2) is 5.65 Å². The van der Waals surface area contributed by atoms with Gasteiger partial charge in [0, 0.05) is 26.3 Å². The van der Waals surface area contributed by atoms with Crippen LogP contribution in [0.15, 0.2) is 12.3 Å². The number of rotatable bonds is 2. The van der Waals surface area contributed by atoms with E-state index in [1.165, 1.54) is 0 Å². The molecule has 21 heavy (non-hydrogen) atoms. The standard InChI is InChI=1S/C14H18F2N4O/c1-9-12-10(3-5-17-14(12)19(2)18-9)20-6-4-11(13(15)16)21-8-7-20/h3,5,11,13H,4,6-8H2,1-2H3. The molecule has 7 heteroatoms. The number of hydrogen-bond acceptors (Lipinski definition) is 4. The molecule has 1 atom stereocenters. The molecule has 114 valence electrons. The van der Waals surface area contributed by atoms with Crippen molar-refractivity contribution in [2.24, 2.45) is 7.05 Å². The van der Waals surface area contributed by atoms with E-state index >= 15 is 0 Å². The van der Waals surface area contributed by atoms with E-state index in [4.69, 9.17) is 4.74 Å². The lowest BCUT2D eigenvalue weighted by Gasteiger charge is -2.22. The Morgan fingerprint density at radius 1 is 1.38 bits per heavy atom. The number of aromatic nitrogens is 3. The first-order chi connectivity index (χ1) is 10.1. The van der Waals surface area contributed by atoms with Gasteiger partial charge in [0.25, 0.3) is 6.43 Å². The van der Waals surface area contributed by atoms with Crippen LogP contribution in [0.4, 0.5) is 14.5 Å². The topological polar surface area (TPSA) is 43.2 Å². The van der Waals surface area contributed by atoms with Crippen LogP contribution in [0.1, 0.15) is 12.1 Å². The fourth-order valence-corrected chi connectivity index (χ4v) is 2.85. The highest BCUT2D eigenvalue weighted by atomic mass is 19.3. The van der Waals surface area contributed by atoms with E-state index in [-0.39, 0.29) is 0 Å². The number of fused-ring (bicyclic) bond motifs is 1. The fourth-order valence-electron chi connectivity index (χ4n) is 2.85. The SMILES string of the molecule is Cc1nn(C)c2nccc(N3CCOC(C(F)F)CC3)c12. The largest absolute Gasteiger partial charge is 0.370 e. The molecule has 1 unspecified atom stereocenters. The van der Waals surface area contributed by atoms with Crippen LogP contribution in [0.5, 0.6) is 0 Å². The normalized spacial score (nSPS) is 20.2. The van der Waals surface area contributed by atoms with Gasteiger partial charge in [0.2, 0.25) is 0 Å². The Kier molecular flexibility index (Phi) is 3.75. The van der Waals surface area contributed by atoms with Crippen LogP contribution in [0.3, 0.4) is 0 Å². The van der Waals surface area contributed by atoms with E-state index in [2.05, 4.69) is 15.0 Å². The van der Waals surface area contributed by atoms with E-state index in [1.807, 2.05) is 20.0 Å². The monoisotopic (exact) mass is 296 g/mol. The average molecular weight is 296 g/mol. The molecule has 3 rings (SSSR count). The third-order valence-corrected chi connectivity index (χ3v) is 3.88. The van der Waals surface area contributed by atoms with Crippen molar-refractivity contribution in [2.75, 3.05) is 24.6 Å². The van der Waals surface area contributed by atoms with Gasteiger partial charge in [-0.3, -0.25) is 4.68 Å². The molecule has 2 aromatic heterocycles. The first-order valence-corrected chi connectivity index (χ1v) is 7.01. The zero-order valence-corrected chi connectivity index (χ0v) is 12.1. The Morgan fingerprint density at radius 3 is 2.95 bits per heavy atom. The van der Waals surface area contributed by atoms with Crippen molar-refractivity contribution in [2.45, 2.75) is 25.9 Å². The van der Waals surface area contributed by atoms with Gasteiger partial charge in [0.05, 0.1) is 23.4 Å². The van der Waals surface area contributed by atoms with Gasteiger partial charge >= 0.3 is 0 Å². The minimum absolute atomic E-state index is 0.304. The van der Waals surface area contributed by atoms with Gasteiger partial charge in [-0.05, 0) is 19.4 Å². The first-order valence-electron chi connectivity index (χ1n) is 7.01. The maximum absolute atomic E-state index is 12.8. The Morgan fingerprint density at radius 2 is 2.19 bits per heavy atom. The Labute approximate surface area is 121 Å². The van der Waals surface area contributed by atoms with E-state index in [0.717, 1.165) is 22.4 Å². The summed E-state index contributed by atoms with van der Waals surface area (Å²) in [7, 11) is 1.85. The minimum Gasteiger partial charge on any atom is -0.370 e. The molecule has 1 saturated heterocycles. The van der Waals surface area contributed by atoms with E-state index in [0.29, 0.717) is 26.1 Å². The molecule has 0 amide bonds. The number of nitrogens with zero attached hydrogens (tertiary/aromatic N) is 4. The summed E-state index contributed by atoms with van der Waals surface area (Å²) in [5.74, 6) is 0. The molecule has 0 radical (unpaired) electrons. The molecule has 1 aliphatic rings. The summed E-state index contributed by atoms with van der Waals surface area (Å²) in [6.45, 7) is 3.38. The molecule has 0 N–H and O–H groups in total. The molecule has 0 spiro atoms. The Hall–Kier alpha value is -1.76. The second kappa shape index (κ2) is 5.55. The number of alkyl halides is 2. The summed E-state index contributed by atoms with van der Waals surface area (Å²) in [6.07, 6.45) is -1.35. The van der Waals surface area contributed by atoms with Crippen molar-refractivity contribution in [1.82, 2.24) is 14.8 Å². The zero-order chi connectivity index (χ0) is 15.0. The molecule has 1 fully saturated rings. The summed E-state index contributed by atoms with van der Waals surface area (Å²) in [5.41, 5.74) is 2.69. The molecule has 2 aromatic rings. The lowest BCUT2D eigenvalue weighted by Crippen LogP contribution is -2.26. The summed E-state index contributed by atoms with van der Waals surface area (Å²) in [4.78, 5) is 6.43. The first kappa shape index (κ1) is 14.2. The van der Waals surface area contributed by atoms with Gasteiger partial charge < -0.3 is 9.64 Å². The Bertz CT molecular complexity index is 643. The van der Waals surface area contributed by atoms with Crippen LogP contribution in [-0.2, 0) is 11.8 Å². The average Bonchev–Trinajstić information content (AvgIpc) is 2.67. The second-order valence-electron chi connectivity index (χ2n) is 5.26. The number of pyridine rings is 1. The number of halogens is 2. The molecule has 0 saturated carbocycles. The van der Waals surface area contributed by atoms with Crippen molar-refractivity contribution < 1.29 is 13.5 Å². The highest BCUT2D eigenvalue weighted by molar-refractivity contribution is 5.91. The fraction of sp³-hybridized carbons (Fsp3) is 0.571. The van der Waals surface area contributed by atoms with Crippen LogP contribution in [0.2, 0.25) is 0 Å². The quantitative estimate of drug-likeness (QED) is 0.851. The lowest BCUT2D eigenvalue weighted by molar-refractivity contribution is -0.0493. The highest BCUT2D eigenvalue weighted by Crippen LogP contribution is 2.29. The maximum Gasteiger partial charge on any atom is 0.264 e. The van der Waals surface area contributed by atoms with Gasteiger partial charge in [-0.15, -0.1) is 0 Å². The smallest absolute Gasteiger partial charge is 0.264 e. The molecular formula is C14H18F2N4O. The number of hydrogen-bond donors (Lipinski definition) is 0. The highest BCUT2D eigenvalue weighted by Gasteiger charge is 2.26. The molecule has 5 nitrogen and oxygen atoms in total. The van der Waals surface area contributed by atoms with E-state index < -0.39 is 12.5 Å². The summed E-state index contributed by atoms with van der Waals surface area (Å²) < 4.78 is 32.5. The minimum atomic E-state index is -2.43. The summed E-state index contributed by atoms with van der Waals surface area (Å²) in [6, 6.07) is 1.92. The predicted octanol–water partition coefficient (Wildman–Crippen LogP) is 2.14. The van der Waals surface area contributed by atoms with Gasteiger partial charge in [-0.25, -0.2) is 13.8 Å². The summed E-state index contributed by atoms with van der Waals surface area (Å²) in [5, 5.41) is 5.37.